The SMILES string of the molecule is C=C(N)c1ccc2c(c1)CCc1cc(C(N)=O)ccc1C2(C[C@@H](C)NCC(C)(C)N1CCCC1C#N)C(=O)O. The molecule has 2 aliphatic rings. The molecule has 1 fully saturated rings. The predicted octanol–water partition coefficient (Wildman–Crippen LogP) is 3.32. The van der Waals surface area contributed by atoms with Crippen LogP contribution in [-0.2, 0) is 23.1 Å². The van der Waals surface area contributed by atoms with Gasteiger partial charge < -0.3 is 21.9 Å². The molecule has 8 nitrogen and oxygen atoms in total. The standard InChI is InChI=1S/C31H39N5O3/c1-19(35-18-30(3,4)36-13-5-6-25(36)17-32)16-31(29(38)39)26-11-9-21(20(2)33)14-22(26)7-8-23-15-24(28(34)37)10-12-27(23)31/h9-12,14-15,19,25,35H,2,5-8,13,16,18,33H2,1,3-4H3,(H2,34,37)(H,38,39)/t19-,25?,31?/m1/s1. The first-order valence-electron chi connectivity index (χ1n) is 13.5. The number of carbonyl (C=O) groups excluding carboxylic acids is 1. The van der Waals surface area contributed by atoms with Crippen molar-refractivity contribution >= 4 is 17.6 Å². The van der Waals surface area contributed by atoms with E-state index in [-0.39, 0.29) is 17.6 Å². The van der Waals surface area contributed by atoms with E-state index in [1.54, 1.807) is 18.2 Å². The van der Waals surface area contributed by atoms with E-state index in [1.165, 1.54) is 0 Å². The number of nitrogens with two attached hydrogens (primary N) is 2. The highest BCUT2D eigenvalue weighted by Gasteiger charge is 2.47. The van der Waals surface area contributed by atoms with E-state index in [0.717, 1.165) is 41.6 Å². The number of likely N-dealkylation sites (tertiary alicyclic amines) is 1. The van der Waals surface area contributed by atoms with Crippen LogP contribution in [0, 0.1) is 11.3 Å². The monoisotopic (exact) mass is 529 g/mol. The number of hydrogen-bond donors (Lipinski definition) is 4. The summed E-state index contributed by atoms with van der Waals surface area (Å²) in [7, 11) is 0. The van der Waals surface area contributed by atoms with Crippen LogP contribution in [0.3, 0.4) is 0 Å². The molecule has 1 aliphatic heterocycles. The van der Waals surface area contributed by atoms with Crippen molar-refractivity contribution in [2.45, 2.75) is 75.9 Å². The fourth-order valence-electron chi connectivity index (χ4n) is 6.42. The van der Waals surface area contributed by atoms with Crippen molar-refractivity contribution in [3.63, 3.8) is 0 Å². The van der Waals surface area contributed by atoms with Crippen molar-refractivity contribution in [1.82, 2.24) is 10.2 Å². The van der Waals surface area contributed by atoms with E-state index in [0.29, 0.717) is 42.6 Å². The number of rotatable bonds is 9. The first-order chi connectivity index (χ1) is 18.4. The van der Waals surface area contributed by atoms with Crippen molar-refractivity contribution in [3.8, 4) is 6.07 Å². The van der Waals surface area contributed by atoms with Crippen molar-refractivity contribution in [2.75, 3.05) is 13.1 Å². The van der Waals surface area contributed by atoms with Gasteiger partial charge in [-0.2, -0.15) is 5.26 Å². The molecule has 1 saturated heterocycles. The van der Waals surface area contributed by atoms with E-state index in [2.05, 4.69) is 36.7 Å². The van der Waals surface area contributed by atoms with Gasteiger partial charge in [-0.25, -0.2) is 0 Å². The van der Waals surface area contributed by atoms with E-state index >= 15 is 0 Å². The van der Waals surface area contributed by atoms with Crippen LogP contribution in [0.25, 0.3) is 5.70 Å². The number of benzene rings is 2. The molecule has 4 rings (SSSR count). The fourth-order valence-corrected chi connectivity index (χ4v) is 6.42. The molecule has 0 radical (unpaired) electrons. The topological polar surface area (TPSA) is 145 Å². The van der Waals surface area contributed by atoms with E-state index in [1.807, 2.05) is 25.1 Å². The zero-order chi connectivity index (χ0) is 28.5. The summed E-state index contributed by atoms with van der Waals surface area (Å²) >= 11 is 0. The molecule has 3 atom stereocenters. The third kappa shape index (κ3) is 5.29. The second kappa shape index (κ2) is 10.8. The highest BCUT2D eigenvalue weighted by molar-refractivity contribution is 5.94. The number of primary amides is 1. The zero-order valence-corrected chi connectivity index (χ0v) is 23.1. The molecule has 39 heavy (non-hydrogen) atoms. The van der Waals surface area contributed by atoms with Gasteiger partial charge in [0.15, 0.2) is 0 Å². The van der Waals surface area contributed by atoms with Crippen molar-refractivity contribution in [2.24, 2.45) is 11.5 Å². The van der Waals surface area contributed by atoms with Crippen LogP contribution >= 0.6 is 0 Å². The smallest absolute Gasteiger partial charge is 0.318 e. The molecule has 0 bridgehead atoms. The summed E-state index contributed by atoms with van der Waals surface area (Å²) in [5.74, 6) is -1.49. The number of carbonyl (C=O) groups is 2. The van der Waals surface area contributed by atoms with Crippen LogP contribution in [0.15, 0.2) is 43.0 Å². The van der Waals surface area contributed by atoms with Gasteiger partial charge in [-0.15, -0.1) is 0 Å². The van der Waals surface area contributed by atoms with Crippen molar-refractivity contribution in [3.05, 3.63) is 76.4 Å². The molecule has 2 unspecified atom stereocenters. The van der Waals surface area contributed by atoms with Crippen LogP contribution < -0.4 is 16.8 Å². The normalized spacial score (nSPS) is 21.7. The third-order valence-electron chi connectivity index (χ3n) is 8.49. The molecule has 1 heterocycles. The average molecular weight is 530 g/mol. The number of carboxylic acid groups (broad SMARTS) is 1. The summed E-state index contributed by atoms with van der Waals surface area (Å²) in [5.41, 5.74) is 14.6. The van der Waals surface area contributed by atoms with Crippen LogP contribution in [0.2, 0.25) is 0 Å². The lowest BCUT2D eigenvalue weighted by molar-refractivity contribution is -0.142. The Morgan fingerprint density at radius 1 is 1.18 bits per heavy atom. The Morgan fingerprint density at radius 3 is 2.31 bits per heavy atom. The first-order valence-corrected chi connectivity index (χ1v) is 13.5. The molecule has 0 saturated carbocycles. The van der Waals surface area contributed by atoms with Gasteiger partial charge in [0.05, 0.1) is 12.1 Å². The summed E-state index contributed by atoms with van der Waals surface area (Å²) in [6.07, 6.45) is 3.32. The molecular formula is C31H39N5O3. The number of nitriles is 1. The molecule has 1 aliphatic carbocycles. The minimum atomic E-state index is -1.36. The molecule has 2 aromatic carbocycles. The van der Waals surface area contributed by atoms with Gasteiger partial charge in [-0.05, 0) is 98.9 Å². The lowest BCUT2D eigenvalue weighted by atomic mass is 9.68. The molecule has 1 amide bonds. The maximum atomic E-state index is 13.4. The highest BCUT2D eigenvalue weighted by atomic mass is 16.4. The minimum absolute atomic E-state index is 0.103. The number of hydrogen-bond acceptors (Lipinski definition) is 6. The summed E-state index contributed by atoms with van der Waals surface area (Å²) in [5, 5.41) is 24.2. The van der Waals surface area contributed by atoms with Crippen LogP contribution in [0.4, 0.5) is 0 Å². The van der Waals surface area contributed by atoms with Crippen LogP contribution in [0.5, 0.6) is 0 Å². The van der Waals surface area contributed by atoms with E-state index < -0.39 is 17.3 Å². The number of carboxylic acids is 1. The maximum Gasteiger partial charge on any atom is 0.318 e. The number of amides is 1. The average Bonchev–Trinajstić information content (AvgIpc) is 3.34. The predicted molar refractivity (Wildman–Crippen MR) is 152 cm³/mol. The van der Waals surface area contributed by atoms with Crippen molar-refractivity contribution in [1.29, 1.82) is 5.26 Å². The molecule has 206 valence electrons. The van der Waals surface area contributed by atoms with Gasteiger partial charge in [0.2, 0.25) is 5.91 Å². The van der Waals surface area contributed by atoms with Gasteiger partial charge in [0.25, 0.3) is 0 Å². The molecular weight excluding hydrogens is 490 g/mol. The Labute approximate surface area is 230 Å². The quantitative estimate of drug-likeness (QED) is 0.390. The Bertz CT molecular complexity index is 1280. The maximum absolute atomic E-state index is 13.4. The first kappa shape index (κ1) is 28.3. The molecule has 8 heteroatoms. The van der Waals surface area contributed by atoms with Gasteiger partial charge in [0, 0.05) is 35.9 Å². The molecule has 6 N–H and O–H groups in total. The number of aliphatic carboxylic acids is 1. The van der Waals surface area contributed by atoms with Crippen LogP contribution in [-0.4, -0.2) is 52.6 Å². The third-order valence-corrected chi connectivity index (χ3v) is 8.49. The Morgan fingerprint density at radius 2 is 1.77 bits per heavy atom. The molecule has 0 aromatic heterocycles. The Hall–Kier alpha value is -3.67. The lowest BCUT2D eigenvalue weighted by Crippen LogP contribution is -2.54. The number of nitrogens with one attached hydrogen (secondary N) is 1. The van der Waals surface area contributed by atoms with Gasteiger partial charge in [-0.1, -0.05) is 24.8 Å². The summed E-state index contributed by atoms with van der Waals surface area (Å²) < 4.78 is 0. The Kier molecular flexibility index (Phi) is 7.87. The second-order valence-electron chi connectivity index (χ2n) is 11.6. The fraction of sp³-hybridized carbons (Fsp3) is 0.452. The second-order valence-corrected chi connectivity index (χ2v) is 11.6. The van der Waals surface area contributed by atoms with E-state index in [9.17, 15) is 20.0 Å². The minimum Gasteiger partial charge on any atom is -0.480 e. The zero-order valence-electron chi connectivity index (χ0n) is 23.1. The number of fused-ring (bicyclic) bond motifs is 2. The van der Waals surface area contributed by atoms with E-state index in [4.69, 9.17) is 11.5 Å². The molecule has 0 spiro atoms. The van der Waals surface area contributed by atoms with Crippen molar-refractivity contribution < 1.29 is 14.7 Å². The summed E-state index contributed by atoms with van der Waals surface area (Å²) in [4.78, 5) is 27.6. The summed E-state index contributed by atoms with van der Waals surface area (Å²) in [6.45, 7) is 11.6. The largest absolute Gasteiger partial charge is 0.480 e. The van der Waals surface area contributed by atoms with Crippen LogP contribution in [0.1, 0.15) is 78.2 Å². The number of nitrogens with zero attached hydrogens (tertiary/aromatic N) is 2. The number of aryl methyl sites for hydroxylation is 2. The van der Waals surface area contributed by atoms with Gasteiger partial charge >= 0.3 is 5.97 Å². The molecule has 2 aromatic rings. The lowest BCUT2D eigenvalue weighted by Gasteiger charge is -2.40. The highest BCUT2D eigenvalue weighted by Crippen LogP contribution is 2.44. The van der Waals surface area contributed by atoms with Gasteiger partial charge in [-0.3, -0.25) is 14.5 Å². The van der Waals surface area contributed by atoms with Gasteiger partial charge in [0.1, 0.15) is 5.41 Å². The Balaban J connectivity index is 1.75. The summed E-state index contributed by atoms with van der Waals surface area (Å²) in [6, 6.07) is 12.9.